The minimum absolute atomic E-state index is 0.0368. The van der Waals surface area contributed by atoms with Gasteiger partial charge in [-0.25, -0.2) is 8.42 Å². The summed E-state index contributed by atoms with van der Waals surface area (Å²) in [5.74, 6) is 0. The predicted octanol–water partition coefficient (Wildman–Crippen LogP) is 5.34. The lowest BCUT2D eigenvalue weighted by atomic mass is 10.1. The summed E-state index contributed by atoms with van der Waals surface area (Å²) in [6.07, 6.45) is -10.4. The average Bonchev–Trinajstić information content (AvgIpc) is 2.52. The minimum atomic E-state index is -5.19. The zero-order chi connectivity index (χ0) is 20.6. The Kier molecular flexibility index (Phi) is 5.91. The number of alkyl halides is 6. The van der Waals surface area contributed by atoms with Crippen molar-refractivity contribution in [3.05, 3.63) is 57.6 Å². The predicted molar refractivity (Wildman–Crippen MR) is 86.9 cm³/mol. The fraction of sp³-hybridized carbons (Fsp3) is 0.143. The number of halogens is 8. The summed E-state index contributed by atoms with van der Waals surface area (Å²) < 4.78 is 101. The fourth-order valence-corrected chi connectivity index (χ4v) is 3.29. The standard InChI is InChI=1S/C14H8Cl2F6N2O2S/c15-10-2-1-3-11(16)12(10)23-24-27(25,26)9-5-7(13(17,18)19)4-8(6-9)14(20,21)22/h1-6,23-24H. The summed E-state index contributed by atoms with van der Waals surface area (Å²) in [4.78, 5) is 0.400. The van der Waals surface area contributed by atoms with Crippen LogP contribution in [0.25, 0.3) is 0 Å². The van der Waals surface area contributed by atoms with E-state index in [1.54, 1.807) is 4.83 Å². The van der Waals surface area contributed by atoms with Crippen LogP contribution < -0.4 is 10.3 Å². The summed E-state index contributed by atoms with van der Waals surface area (Å²) in [6.45, 7) is 0. The molecule has 0 aliphatic carbocycles. The highest BCUT2D eigenvalue weighted by molar-refractivity contribution is 7.89. The number of benzene rings is 2. The van der Waals surface area contributed by atoms with Crippen LogP contribution in [0.4, 0.5) is 32.0 Å². The lowest BCUT2D eigenvalue weighted by Crippen LogP contribution is -2.30. The van der Waals surface area contributed by atoms with Gasteiger partial charge in [-0.05, 0) is 30.3 Å². The molecule has 2 N–H and O–H groups in total. The van der Waals surface area contributed by atoms with Gasteiger partial charge in [-0.15, -0.1) is 4.83 Å². The Bertz CT molecular complexity index is 909. The summed E-state index contributed by atoms with van der Waals surface area (Å²) in [5, 5.41) is -0.0737. The number of para-hydroxylation sites is 1. The summed E-state index contributed by atoms with van der Waals surface area (Å²) >= 11 is 11.6. The maximum atomic E-state index is 12.8. The highest BCUT2D eigenvalue weighted by atomic mass is 35.5. The van der Waals surface area contributed by atoms with Gasteiger partial charge < -0.3 is 5.43 Å². The van der Waals surface area contributed by atoms with Gasteiger partial charge in [0.2, 0.25) is 0 Å². The van der Waals surface area contributed by atoms with E-state index in [4.69, 9.17) is 23.2 Å². The summed E-state index contributed by atoms with van der Waals surface area (Å²) in [5.41, 5.74) is -1.60. The molecular formula is C14H8Cl2F6N2O2S. The van der Waals surface area contributed by atoms with Crippen molar-refractivity contribution >= 4 is 38.9 Å². The van der Waals surface area contributed by atoms with Gasteiger partial charge >= 0.3 is 12.4 Å². The van der Waals surface area contributed by atoms with Crippen LogP contribution in [0.3, 0.4) is 0 Å². The van der Waals surface area contributed by atoms with E-state index in [1.165, 1.54) is 18.2 Å². The van der Waals surface area contributed by atoms with Crippen LogP contribution >= 0.6 is 23.2 Å². The first-order chi connectivity index (χ1) is 12.2. The summed E-state index contributed by atoms with van der Waals surface area (Å²) in [6, 6.07) is 4.07. The van der Waals surface area contributed by atoms with Crippen molar-refractivity contribution in [2.45, 2.75) is 17.2 Å². The normalized spacial score (nSPS) is 12.9. The van der Waals surface area contributed by atoms with E-state index in [1.807, 2.05) is 0 Å². The van der Waals surface area contributed by atoms with Crippen LogP contribution in [0.1, 0.15) is 11.1 Å². The second kappa shape index (κ2) is 7.38. The van der Waals surface area contributed by atoms with E-state index >= 15 is 0 Å². The number of hydrogen-bond donors (Lipinski definition) is 2. The van der Waals surface area contributed by atoms with E-state index in [0.717, 1.165) is 0 Å². The second-order valence-corrected chi connectivity index (χ2v) is 7.57. The molecule has 2 aromatic carbocycles. The maximum absolute atomic E-state index is 12.8. The Labute approximate surface area is 159 Å². The van der Waals surface area contributed by atoms with Crippen LogP contribution in [0.5, 0.6) is 0 Å². The molecule has 0 radical (unpaired) electrons. The number of anilines is 1. The molecule has 13 heteroatoms. The third kappa shape index (κ3) is 5.18. The maximum Gasteiger partial charge on any atom is 0.416 e. The van der Waals surface area contributed by atoms with E-state index in [0.29, 0.717) is 0 Å². The van der Waals surface area contributed by atoms with Gasteiger partial charge in [-0.3, -0.25) is 0 Å². The van der Waals surface area contributed by atoms with Crippen molar-refractivity contribution < 1.29 is 34.8 Å². The molecule has 27 heavy (non-hydrogen) atoms. The fourth-order valence-electron chi connectivity index (χ4n) is 1.88. The number of sulfonamides is 1. The van der Waals surface area contributed by atoms with Gasteiger partial charge in [0.15, 0.2) is 0 Å². The molecule has 148 valence electrons. The molecule has 0 amide bonds. The third-order valence-corrected chi connectivity index (χ3v) is 5.00. The largest absolute Gasteiger partial charge is 0.416 e. The molecule has 2 rings (SSSR count). The Morgan fingerprint density at radius 1 is 0.815 bits per heavy atom. The minimum Gasteiger partial charge on any atom is -0.305 e. The molecular weight excluding hydrogens is 445 g/mol. The Balaban J connectivity index is 2.46. The molecule has 0 fully saturated rings. The Hall–Kier alpha value is -1.69. The monoisotopic (exact) mass is 452 g/mol. The number of rotatable bonds is 4. The van der Waals surface area contributed by atoms with Crippen LogP contribution in [0.2, 0.25) is 10.0 Å². The van der Waals surface area contributed by atoms with E-state index in [-0.39, 0.29) is 33.9 Å². The Morgan fingerprint density at radius 3 is 1.67 bits per heavy atom. The molecule has 0 atom stereocenters. The Morgan fingerprint density at radius 2 is 1.26 bits per heavy atom. The molecule has 0 saturated carbocycles. The smallest absolute Gasteiger partial charge is 0.305 e. The van der Waals surface area contributed by atoms with Crippen molar-refractivity contribution in [3.8, 4) is 0 Å². The van der Waals surface area contributed by atoms with Crippen LogP contribution in [0, 0.1) is 0 Å². The lowest BCUT2D eigenvalue weighted by Gasteiger charge is -2.16. The van der Waals surface area contributed by atoms with Crippen molar-refractivity contribution in [2.24, 2.45) is 0 Å². The van der Waals surface area contributed by atoms with Gasteiger partial charge in [0, 0.05) is 0 Å². The molecule has 0 unspecified atom stereocenters. The van der Waals surface area contributed by atoms with Crippen molar-refractivity contribution in [2.75, 3.05) is 5.43 Å². The first-order valence-electron chi connectivity index (χ1n) is 6.73. The van der Waals surface area contributed by atoms with Gasteiger partial charge in [-0.1, -0.05) is 29.3 Å². The third-order valence-electron chi connectivity index (χ3n) is 3.14. The first kappa shape index (κ1) is 21.6. The average molecular weight is 453 g/mol. The number of nitrogens with one attached hydrogen (secondary N) is 2. The van der Waals surface area contributed by atoms with Crippen LogP contribution in [-0.2, 0) is 22.4 Å². The summed E-state index contributed by atoms with van der Waals surface area (Å²) in [7, 11) is -4.84. The van der Waals surface area contributed by atoms with Gasteiger partial charge in [0.25, 0.3) is 10.0 Å². The van der Waals surface area contributed by atoms with Crippen molar-refractivity contribution in [1.82, 2.24) is 4.83 Å². The first-order valence-corrected chi connectivity index (χ1v) is 8.97. The molecule has 2 aromatic rings. The second-order valence-electron chi connectivity index (χ2n) is 5.07. The highest BCUT2D eigenvalue weighted by Crippen LogP contribution is 2.37. The molecule has 0 aliphatic heterocycles. The zero-order valence-corrected chi connectivity index (χ0v) is 15.0. The van der Waals surface area contributed by atoms with Gasteiger partial charge in [0.05, 0.1) is 31.8 Å². The van der Waals surface area contributed by atoms with Crippen molar-refractivity contribution in [3.63, 3.8) is 0 Å². The molecule has 0 saturated heterocycles. The molecule has 4 nitrogen and oxygen atoms in total. The van der Waals surface area contributed by atoms with Crippen LogP contribution in [0.15, 0.2) is 41.3 Å². The van der Waals surface area contributed by atoms with Gasteiger partial charge in [0.1, 0.15) is 0 Å². The highest BCUT2D eigenvalue weighted by Gasteiger charge is 2.38. The number of hydrazine groups is 1. The molecule has 0 aliphatic rings. The van der Waals surface area contributed by atoms with E-state index in [2.05, 4.69) is 5.43 Å². The van der Waals surface area contributed by atoms with E-state index in [9.17, 15) is 34.8 Å². The van der Waals surface area contributed by atoms with E-state index < -0.39 is 38.4 Å². The number of hydrogen-bond acceptors (Lipinski definition) is 3. The van der Waals surface area contributed by atoms with Gasteiger partial charge in [-0.2, -0.15) is 26.3 Å². The quantitative estimate of drug-likeness (QED) is 0.486. The lowest BCUT2D eigenvalue weighted by molar-refractivity contribution is -0.143. The zero-order valence-electron chi connectivity index (χ0n) is 12.7. The SMILES string of the molecule is O=S(=O)(NNc1c(Cl)cccc1Cl)c1cc(C(F)(F)F)cc(C(F)(F)F)c1. The molecule has 0 heterocycles. The topological polar surface area (TPSA) is 58.2 Å². The van der Waals surface area contributed by atoms with Crippen molar-refractivity contribution in [1.29, 1.82) is 0 Å². The molecule has 0 aromatic heterocycles. The molecule has 0 bridgehead atoms. The molecule has 0 spiro atoms. The van der Waals surface area contributed by atoms with Crippen LogP contribution in [-0.4, -0.2) is 8.42 Å².